The third-order valence-corrected chi connectivity index (χ3v) is 3.65. The first kappa shape index (κ1) is 16.7. The lowest BCUT2D eigenvalue weighted by Crippen LogP contribution is -2.36. The fraction of sp³-hybridized carbons (Fsp3) is 0.571. The molecule has 112 valence electrons. The van der Waals surface area contributed by atoms with Gasteiger partial charge in [0, 0.05) is 25.8 Å². The molecule has 0 unspecified atom stereocenters. The van der Waals surface area contributed by atoms with E-state index in [9.17, 15) is 9.59 Å². The summed E-state index contributed by atoms with van der Waals surface area (Å²) in [6, 6.07) is 1.87. The highest BCUT2D eigenvalue weighted by atomic mass is 32.1. The summed E-state index contributed by atoms with van der Waals surface area (Å²) in [6.07, 6.45) is -0.0382. The van der Waals surface area contributed by atoms with Crippen molar-refractivity contribution in [1.29, 1.82) is 0 Å². The molecule has 0 radical (unpaired) electrons. The minimum Gasteiger partial charge on any atom is -0.481 e. The fourth-order valence-electron chi connectivity index (χ4n) is 1.88. The molecule has 20 heavy (non-hydrogen) atoms. The maximum absolute atomic E-state index is 12.5. The highest BCUT2D eigenvalue weighted by Crippen LogP contribution is 2.20. The zero-order valence-electron chi connectivity index (χ0n) is 12.1. The Kier molecular flexibility index (Phi) is 6.67. The van der Waals surface area contributed by atoms with Crippen LogP contribution in [0.4, 0.5) is 0 Å². The molecule has 1 amide bonds. The number of methoxy groups -OCH3 is 1. The molecule has 1 rings (SSSR count). The van der Waals surface area contributed by atoms with Crippen LogP contribution in [0.3, 0.4) is 0 Å². The predicted octanol–water partition coefficient (Wildman–Crippen LogP) is 2.47. The minimum atomic E-state index is -0.894. The van der Waals surface area contributed by atoms with Crippen LogP contribution in [0.25, 0.3) is 0 Å². The number of aliphatic carboxylic acids is 1. The zero-order chi connectivity index (χ0) is 15.1. The van der Waals surface area contributed by atoms with Crippen molar-refractivity contribution < 1.29 is 19.4 Å². The number of carboxylic acids is 1. The quantitative estimate of drug-likeness (QED) is 0.800. The molecule has 0 aliphatic carbocycles. The van der Waals surface area contributed by atoms with Gasteiger partial charge in [0.1, 0.15) is 0 Å². The van der Waals surface area contributed by atoms with Crippen molar-refractivity contribution in [2.75, 3.05) is 20.2 Å². The van der Waals surface area contributed by atoms with E-state index in [-0.39, 0.29) is 18.9 Å². The van der Waals surface area contributed by atoms with Crippen molar-refractivity contribution in [3.05, 3.63) is 21.9 Å². The average Bonchev–Trinajstić information content (AvgIpc) is 2.81. The summed E-state index contributed by atoms with van der Waals surface area (Å²) < 4.78 is 5.08. The highest BCUT2D eigenvalue weighted by molar-refractivity contribution is 7.12. The number of ether oxygens (including phenoxy) is 1. The Morgan fingerprint density at radius 1 is 1.45 bits per heavy atom. The second-order valence-corrected chi connectivity index (χ2v) is 5.91. The molecule has 0 saturated heterocycles. The molecule has 0 aliphatic rings. The van der Waals surface area contributed by atoms with Crippen LogP contribution in [0.1, 0.15) is 35.5 Å². The summed E-state index contributed by atoms with van der Waals surface area (Å²) >= 11 is 1.37. The predicted molar refractivity (Wildman–Crippen MR) is 78.0 cm³/mol. The maximum atomic E-state index is 12.5. The minimum absolute atomic E-state index is 0.0382. The largest absolute Gasteiger partial charge is 0.481 e. The van der Waals surface area contributed by atoms with Crippen molar-refractivity contribution in [3.8, 4) is 0 Å². The topological polar surface area (TPSA) is 66.8 Å². The second-order valence-electron chi connectivity index (χ2n) is 5.00. The van der Waals surface area contributed by atoms with E-state index < -0.39 is 5.97 Å². The van der Waals surface area contributed by atoms with Gasteiger partial charge in [-0.2, -0.15) is 0 Å². The van der Waals surface area contributed by atoms with Gasteiger partial charge in [-0.3, -0.25) is 9.59 Å². The highest BCUT2D eigenvalue weighted by Gasteiger charge is 2.21. The number of hydrogen-bond donors (Lipinski definition) is 1. The lowest BCUT2D eigenvalue weighted by molar-refractivity contribution is -0.137. The van der Waals surface area contributed by atoms with Gasteiger partial charge in [0.25, 0.3) is 5.91 Å². The maximum Gasteiger partial charge on any atom is 0.305 e. The molecule has 0 bridgehead atoms. The molecular formula is C14H21NO4S. The van der Waals surface area contributed by atoms with Crippen molar-refractivity contribution in [1.82, 2.24) is 4.90 Å². The van der Waals surface area contributed by atoms with Gasteiger partial charge in [-0.25, -0.2) is 0 Å². The van der Waals surface area contributed by atoms with Gasteiger partial charge in [0.05, 0.1) is 17.9 Å². The lowest BCUT2D eigenvalue weighted by atomic mass is 10.1. The van der Waals surface area contributed by atoms with Gasteiger partial charge in [-0.1, -0.05) is 13.8 Å². The molecule has 5 nitrogen and oxygen atoms in total. The Morgan fingerprint density at radius 3 is 2.70 bits per heavy atom. The Bertz CT molecular complexity index is 456. The molecule has 0 aliphatic heterocycles. The van der Waals surface area contributed by atoms with E-state index in [1.54, 1.807) is 12.0 Å². The van der Waals surface area contributed by atoms with E-state index in [2.05, 4.69) is 0 Å². The normalized spacial score (nSPS) is 10.8. The Labute approximate surface area is 123 Å². The van der Waals surface area contributed by atoms with Crippen molar-refractivity contribution in [2.24, 2.45) is 5.92 Å². The van der Waals surface area contributed by atoms with Crippen LogP contribution < -0.4 is 0 Å². The third-order valence-electron chi connectivity index (χ3n) is 2.71. The molecule has 1 aromatic rings. The van der Waals surface area contributed by atoms with Gasteiger partial charge >= 0.3 is 5.97 Å². The monoisotopic (exact) mass is 299 g/mol. The van der Waals surface area contributed by atoms with E-state index in [1.807, 2.05) is 25.3 Å². The lowest BCUT2D eigenvalue weighted by Gasteiger charge is -2.24. The number of carbonyl (C=O) groups is 2. The number of rotatable bonds is 8. The molecule has 0 spiro atoms. The van der Waals surface area contributed by atoms with Crippen LogP contribution in [0, 0.1) is 5.92 Å². The fourth-order valence-corrected chi connectivity index (χ4v) is 2.76. The van der Waals surface area contributed by atoms with E-state index in [4.69, 9.17) is 9.84 Å². The van der Waals surface area contributed by atoms with Crippen LogP contribution in [0.2, 0.25) is 0 Å². The smallest absolute Gasteiger partial charge is 0.305 e. The average molecular weight is 299 g/mol. The standard InChI is InChI=1S/C14H21NO4S/c1-10(2)8-15(6-4-12(16)17)14(18)13-11(9-19-3)5-7-20-13/h5,7,10H,4,6,8-9H2,1-3H3,(H,16,17). The summed E-state index contributed by atoms with van der Waals surface area (Å²) in [4.78, 5) is 25.5. The summed E-state index contributed by atoms with van der Waals surface area (Å²) in [5.74, 6) is -0.713. The Morgan fingerprint density at radius 2 is 2.15 bits per heavy atom. The first-order chi connectivity index (χ1) is 9.45. The zero-order valence-corrected chi connectivity index (χ0v) is 12.9. The first-order valence-corrected chi connectivity index (χ1v) is 7.40. The number of thiophene rings is 1. The number of amides is 1. The van der Waals surface area contributed by atoms with Gasteiger partial charge < -0.3 is 14.7 Å². The molecule has 0 atom stereocenters. The Hall–Kier alpha value is -1.40. The molecule has 1 heterocycles. The molecule has 0 fully saturated rings. The second kappa shape index (κ2) is 8.01. The van der Waals surface area contributed by atoms with E-state index >= 15 is 0 Å². The molecule has 1 aromatic heterocycles. The van der Waals surface area contributed by atoms with Crippen molar-refractivity contribution >= 4 is 23.2 Å². The van der Waals surface area contributed by atoms with E-state index in [0.29, 0.717) is 23.9 Å². The number of carbonyl (C=O) groups excluding carboxylic acids is 1. The van der Waals surface area contributed by atoms with Crippen LogP contribution in [0.15, 0.2) is 11.4 Å². The molecular weight excluding hydrogens is 278 g/mol. The van der Waals surface area contributed by atoms with E-state index in [0.717, 1.165) is 5.56 Å². The molecule has 6 heteroatoms. The molecule has 0 aromatic carbocycles. The van der Waals surface area contributed by atoms with Crippen LogP contribution in [-0.4, -0.2) is 42.1 Å². The van der Waals surface area contributed by atoms with E-state index in [1.165, 1.54) is 11.3 Å². The van der Waals surface area contributed by atoms with Crippen molar-refractivity contribution in [2.45, 2.75) is 26.9 Å². The summed E-state index contributed by atoms with van der Waals surface area (Å²) in [5, 5.41) is 10.6. The van der Waals surface area contributed by atoms with Gasteiger partial charge in [0.2, 0.25) is 0 Å². The van der Waals surface area contributed by atoms with Gasteiger partial charge in [-0.05, 0) is 17.4 Å². The number of nitrogens with zero attached hydrogens (tertiary/aromatic N) is 1. The number of hydrogen-bond acceptors (Lipinski definition) is 4. The first-order valence-electron chi connectivity index (χ1n) is 6.52. The van der Waals surface area contributed by atoms with Gasteiger partial charge in [0.15, 0.2) is 0 Å². The summed E-state index contributed by atoms with van der Waals surface area (Å²) in [5.41, 5.74) is 0.853. The SMILES string of the molecule is COCc1ccsc1C(=O)N(CCC(=O)O)CC(C)C. The van der Waals surface area contributed by atoms with Gasteiger partial charge in [-0.15, -0.1) is 11.3 Å². The molecule has 0 saturated carbocycles. The summed E-state index contributed by atoms with van der Waals surface area (Å²) in [6.45, 7) is 5.18. The van der Waals surface area contributed by atoms with Crippen LogP contribution in [0.5, 0.6) is 0 Å². The third kappa shape index (κ3) is 4.94. The summed E-state index contributed by atoms with van der Waals surface area (Å²) in [7, 11) is 1.59. The molecule has 1 N–H and O–H groups in total. The van der Waals surface area contributed by atoms with Crippen LogP contribution >= 0.6 is 11.3 Å². The number of carboxylic acid groups (broad SMARTS) is 1. The van der Waals surface area contributed by atoms with Crippen molar-refractivity contribution in [3.63, 3.8) is 0 Å². The van der Waals surface area contributed by atoms with Crippen LogP contribution in [-0.2, 0) is 16.1 Å². The Balaban J connectivity index is 2.85.